The van der Waals surface area contributed by atoms with Crippen molar-refractivity contribution in [2.75, 3.05) is 6.61 Å². The summed E-state index contributed by atoms with van der Waals surface area (Å²) in [4.78, 5) is 15.6. The molecular weight excluding hydrogens is 230 g/mol. The van der Waals surface area contributed by atoms with E-state index < -0.39 is 5.97 Å². The zero-order chi connectivity index (χ0) is 13.0. The van der Waals surface area contributed by atoms with Gasteiger partial charge in [0.25, 0.3) is 0 Å². The van der Waals surface area contributed by atoms with Crippen molar-refractivity contribution >= 4 is 5.97 Å². The number of carbonyl (C=O) groups excluding carboxylic acids is 1. The molecule has 0 aliphatic rings. The average Bonchev–Trinajstić information content (AvgIpc) is 2.40. The first-order chi connectivity index (χ1) is 8.72. The molecule has 0 aliphatic carbocycles. The number of esters is 1. The van der Waals surface area contributed by atoms with Crippen molar-refractivity contribution in [2.45, 2.75) is 6.92 Å². The molecule has 92 valence electrons. The third-order valence-corrected chi connectivity index (χ3v) is 2.45. The highest BCUT2D eigenvalue weighted by atomic mass is 16.5. The molecule has 0 unspecified atom stereocenters. The second kappa shape index (κ2) is 5.31. The van der Waals surface area contributed by atoms with Gasteiger partial charge in [0.15, 0.2) is 0 Å². The molecule has 0 saturated carbocycles. The van der Waals surface area contributed by atoms with Crippen molar-refractivity contribution in [2.24, 2.45) is 0 Å². The van der Waals surface area contributed by atoms with Crippen LogP contribution in [0.2, 0.25) is 0 Å². The zero-order valence-electron chi connectivity index (χ0n) is 9.96. The number of nitrogens with zero attached hydrogens (tertiary/aromatic N) is 1. The lowest BCUT2D eigenvalue weighted by Gasteiger charge is -2.06. The van der Waals surface area contributed by atoms with Crippen LogP contribution in [-0.4, -0.2) is 22.7 Å². The van der Waals surface area contributed by atoms with Crippen LogP contribution in [0, 0.1) is 0 Å². The Balaban J connectivity index is 2.34. The fourth-order valence-electron chi connectivity index (χ4n) is 1.61. The number of phenols is 1. The molecule has 1 aromatic heterocycles. The van der Waals surface area contributed by atoms with Crippen molar-refractivity contribution in [1.29, 1.82) is 0 Å². The Labute approximate surface area is 105 Å². The molecule has 2 rings (SSSR count). The van der Waals surface area contributed by atoms with Crippen LogP contribution in [0.5, 0.6) is 5.75 Å². The number of aromatic hydroxyl groups is 1. The topological polar surface area (TPSA) is 59.4 Å². The Morgan fingerprint density at radius 3 is 2.78 bits per heavy atom. The van der Waals surface area contributed by atoms with Gasteiger partial charge in [-0.05, 0) is 37.3 Å². The number of benzene rings is 1. The van der Waals surface area contributed by atoms with Gasteiger partial charge in [-0.3, -0.25) is 4.98 Å². The van der Waals surface area contributed by atoms with E-state index in [1.165, 1.54) is 6.07 Å². The molecule has 18 heavy (non-hydrogen) atoms. The van der Waals surface area contributed by atoms with Crippen LogP contribution in [-0.2, 0) is 4.74 Å². The van der Waals surface area contributed by atoms with Crippen molar-refractivity contribution in [1.82, 2.24) is 4.98 Å². The van der Waals surface area contributed by atoms with Crippen LogP contribution in [0.1, 0.15) is 17.3 Å². The van der Waals surface area contributed by atoms with Gasteiger partial charge in [-0.2, -0.15) is 0 Å². The lowest BCUT2D eigenvalue weighted by molar-refractivity contribution is 0.0526. The minimum absolute atomic E-state index is 0.0132. The highest BCUT2D eigenvalue weighted by molar-refractivity contribution is 5.91. The Morgan fingerprint density at radius 1 is 1.33 bits per heavy atom. The molecule has 1 N–H and O–H groups in total. The lowest BCUT2D eigenvalue weighted by Crippen LogP contribution is -2.04. The minimum atomic E-state index is -0.444. The van der Waals surface area contributed by atoms with Crippen LogP contribution in [0.15, 0.2) is 42.6 Å². The molecule has 4 heteroatoms. The number of carbonyl (C=O) groups is 1. The van der Waals surface area contributed by atoms with E-state index in [-0.39, 0.29) is 5.75 Å². The van der Waals surface area contributed by atoms with Crippen LogP contribution >= 0.6 is 0 Å². The molecule has 1 heterocycles. The standard InChI is InChI=1S/C14H13NO3/c1-2-18-14(17)10-6-7-11(13(16)9-10)12-5-3-4-8-15-12/h3-9,16H,2H2,1H3. The molecular formula is C14H13NO3. The molecule has 0 atom stereocenters. The first-order valence-corrected chi connectivity index (χ1v) is 5.64. The predicted molar refractivity (Wildman–Crippen MR) is 67.3 cm³/mol. The van der Waals surface area contributed by atoms with Crippen LogP contribution in [0.3, 0.4) is 0 Å². The molecule has 2 aromatic rings. The smallest absolute Gasteiger partial charge is 0.338 e. The average molecular weight is 243 g/mol. The van der Waals surface area contributed by atoms with Gasteiger partial charge in [0, 0.05) is 11.8 Å². The monoisotopic (exact) mass is 243 g/mol. The molecule has 0 spiro atoms. The van der Waals surface area contributed by atoms with Crippen molar-refractivity contribution in [3.8, 4) is 17.0 Å². The predicted octanol–water partition coefficient (Wildman–Crippen LogP) is 2.63. The fraction of sp³-hybridized carbons (Fsp3) is 0.143. The highest BCUT2D eigenvalue weighted by Crippen LogP contribution is 2.28. The first kappa shape index (κ1) is 12.1. The lowest BCUT2D eigenvalue weighted by atomic mass is 10.1. The van der Waals surface area contributed by atoms with E-state index in [4.69, 9.17) is 4.74 Å². The molecule has 1 aromatic carbocycles. The molecule has 0 radical (unpaired) electrons. The van der Waals surface area contributed by atoms with E-state index in [1.807, 2.05) is 6.07 Å². The third-order valence-electron chi connectivity index (χ3n) is 2.45. The van der Waals surface area contributed by atoms with Gasteiger partial charge < -0.3 is 9.84 Å². The summed E-state index contributed by atoms with van der Waals surface area (Å²) in [5.41, 5.74) is 1.57. The second-order valence-corrected chi connectivity index (χ2v) is 3.67. The summed E-state index contributed by atoms with van der Waals surface area (Å²) in [6, 6.07) is 10.1. The molecule has 0 aliphatic heterocycles. The van der Waals surface area contributed by atoms with E-state index in [1.54, 1.807) is 37.4 Å². The summed E-state index contributed by atoms with van der Waals surface area (Å²) in [5, 5.41) is 9.91. The fourth-order valence-corrected chi connectivity index (χ4v) is 1.61. The molecule has 0 amide bonds. The SMILES string of the molecule is CCOC(=O)c1ccc(-c2ccccn2)c(O)c1. The number of phenolic OH excluding ortho intramolecular Hbond substituents is 1. The van der Waals surface area contributed by atoms with Gasteiger partial charge >= 0.3 is 5.97 Å². The maximum Gasteiger partial charge on any atom is 0.338 e. The summed E-state index contributed by atoms with van der Waals surface area (Å²) in [5.74, 6) is -0.431. The van der Waals surface area contributed by atoms with Crippen LogP contribution in [0.4, 0.5) is 0 Å². The Hall–Kier alpha value is -2.36. The molecule has 0 bridgehead atoms. The van der Waals surface area contributed by atoms with Gasteiger partial charge in [-0.25, -0.2) is 4.79 Å². The number of hydrogen-bond acceptors (Lipinski definition) is 4. The molecule has 0 saturated heterocycles. The minimum Gasteiger partial charge on any atom is -0.507 e. The van der Waals surface area contributed by atoms with E-state index in [0.29, 0.717) is 23.4 Å². The molecule has 4 nitrogen and oxygen atoms in total. The van der Waals surface area contributed by atoms with Crippen molar-refractivity contribution in [3.63, 3.8) is 0 Å². The van der Waals surface area contributed by atoms with E-state index >= 15 is 0 Å². The van der Waals surface area contributed by atoms with Crippen LogP contribution in [0.25, 0.3) is 11.3 Å². The number of rotatable bonds is 3. The van der Waals surface area contributed by atoms with Gasteiger partial charge in [-0.1, -0.05) is 6.07 Å². The summed E-state index contributed by atoms with van der Waals surface area (Å²) in [6.45, 7) is 2.04. The number of hydrogen-bond donors (Lipinski definition) is 1. The number of aromatic nitrogens is 1. The normalized spacial score (nSPS) is 10.1. The second-order valence-electron chi connectivity index (χ2n) is 3.67. The van der Waals surface area contributed by atoms with E-state index in [0.717, 1.165) is 0 Å². The summed E-state index contributed by atoms with van der Waals surface area (Å²) in [7, 11) is 0. The van der Waals surface area contributed by atoms with Gasteiger partial charge in [0.1, 0.15) is 5.75 Å². The van der Waals surface area contributed by atoms with E-state index in [9.17, 15) is 9.90 Å². The highest BCUT2D eigenvalue weighted by Gasteiger charge is 2.11. The van der Waals surface area contributed by atoms with E-state index in [2.05, 4.69) is 4.98 Å². The Morgan fingerprint density at radius 2 is 2.17 bits per heavy atom. The quantitative estimate of drug-likeness (QED) is 0.842. The molecule has 0 fully saturated rings. The van der Waals surface area contributed by atoms with Gasteiger partial charge in [0.2, 0.25) is 0 Å². The number of pyridine rings is 1. The third kappa shape index (κ3) is 2.48. The Bertz CT molecular complexity index is 552. The zero-order valence-corrected chi connectivity index (χ0v) is 9.96. The largest absolute Gasteiger partial charge is 0.507 e. The van der Waals surface area contributed by atoms with Gasteiger partial charge in [-0.15, -0.1) is 0 Å². The van der Waals surface area contributed by atoms with Crippen LogP contribution < -0.4 is 0 Å². The summed E-state index contributed by atoms with van der Waals surface area (Å²) in [6.07, 6.45) is 1.65. The maximum atomic E-state index is 11.5. The summed E-state index contributed by atoms with van der Waals surface area (Å²) < 4.78 is 4.86. The number of ether oxygens (including phenoxy) is 1. The summed E-state index contributed by atoms with van der Waals surface area (Å²) >= 11 is 0. The Kier molecular flexibility index (Phi) is 3.57. The first-order valence-electron chi connectivity index (χ1n) is 5.64. The van der Waals surface area contributed by atoms with Crippen molar-refractivity contribution in [3.05, 3.63) is 48.2 Å². The van der Waals surface area contributed by atoms with Crippen molar-refractivity contribution < 1.29 is 14.6 Å². The van der Waals surface area contributed by atoms with Gasteiger partial charge in [0.05, 0.1) is 17.9 Å². The maximum absolute atomic E-state index is 11.5.